The molecule has 3 aromatic rings. The van der Waals surface area contributed by atoms with Crippen molar-refractivity contribution in [2.24, 2.45) is 5.10 Å². The van der Waals surface area contributed by atoms with Crippen molar-refractivity contribution < 1.29 is 23.8 Å². The number of rotatable bonds is 7. The van der Waals surface area contributed by atoms with E-state index in [0.717, 1.165) is 5.56 Å². The van der Waals surface area contributed by atoms with Gasteiger partial charge in [0.1, 0.15) is 18.2 Å². The highest BCUT2D eigenvalue weighted by Gasteiger charge is 2.06. The number of ether oxygens (including phenoxy) is 1. The molecule has 3 rings (SSSR count). The molecule has 0 radical (unpaired) electrons. The summed E-state index contributed by atoms with van der Waals surface area (Å²) in [6, 6.07) is 18.7. The fourth-order valence-corrected chi connectivity index (χ4v) is 2.45. The van der Waals surface area contributed by atoms with Crippen LogP contribution in [0.4, 0.5) is 4.39 Å². The summed E-state index contributed by atoms with van der Waals surface area (Å²) in [5.41, 5.74) is 4.34. The molecule has 6 nitrogen and oxygen atoms in total. The van der Waals surface area contributed by atoms with E-state index in [2.05, 4.69) is 10.5 Å². The van der Waals surface area contributed by atoms with Crippen LogP contribution < -0.4 is 10.2 Å². The summed E-state index contributed by atoms with van der Waals surface area (Å²) in [7, 11) is 0. The van der Waals surface area contributed by atoms with Gasteiger partial charge in [0.2, 0.25) is 0 Å². The third-order valence-corrected chi connectivity index (χ3v) is 3.99. The van der Waals surface area contributed by atoms with Gasteiger partial charge in [-0.1, -0.05) is 24.3 Å². The Bertz CT molecular complexity index is 1030. The second kappa shape index (κ2) is 9.27. The number of nitrogens with zero attached hydrogens (tertiary/aromatic N) is 1. The van der Waals surface area contributed by atoms with Gasteiger partial charge in [0.05, 0.1) is 11.8 Å². The third kappa shape index (κ3) is 5.49. The lowest BCUT2D eigenvalue weighted by molar-refractivity contribution is 0.0696. The summed E-state index contributed by atoms with van der Waals surface area (Å²) in [4.78, 5) is 22.9. The first-order chi connectivity index (χ1) is 14.0. The summed E-state index contributed by atoms with van der Waals surface area (Å²) < 4.78 is 18.7. The number of nitrogens with one attached hydrogen (secondary N) is 1. The number of hydrogen-bond acceptors (Lipinski definition) is 4. The van der Waals surface area contributed by atoms with Crippen LogP contribution in [0.3, 0.4) is 0 Å². The number of aromatic carboxylic acids is 1. The molecule has 0 spiro atoms. The minimum absolute atomic E-state index is 0.207. The number of amides is 1. The van der Waals surface area contributed by atoms with Gasteiger partial charge < -0.3 is 9.84 Å². The molecule has 3 aromatic carbocycles. The van der Waals surface area contributed by atoms with Crippen LogP contribution in [0.25, 0.3) is 0 Å². The molecule has 0 atom stereocenters. The number of carboxylic acid groups (broad SMARTS) is 1. The van der Waals surface area contributed by atoms with Gasteiger partial charge in [0, 0.05) is 11.1 Å². The molecule has 0 aliphatic heterocycles. The van der Waals surface area contributed by atoms with Crippen molar-refractivity contribution in [1.82, 2.24) is 5.43 Å². The van der Waals surface area contributed by atoms with E-state index in [9.17, 15) is 14.0 Å². The average Bonchev–Trinajstić information content (AvgIpc) is 2.73. The van der Waals surface area contributed by atoms with Crippen molar-refractivity contribution in [3.8, 4) is 5.75 Å². The average molecular weight is 392 g/mol. The molecule has 0 aliphatic rings. The molecule has 7 heteroatoms. The van der Waals surface area contributed by atoms with E-state index >= 15 is 0 Å². The van der Waals surface area contributed by atoms with Gasteiger partial charge in [0.25, 0.3) is 5.91 Å². The number of carbonyl (C=O) groups is 2. The molecular formula is C22H17FN2O4. The van der Waals surface area contributed by atoms with Crippen LogP contribution in [-0.2, 0) is 6.61 Å². The van der Waals surface area contributed by atoms with Gasteiger partial charge in [-0.05, 0) is 54.1 Å². The zero-order valence-electron chi connectivity index (χ0n) is 15.2. The van der Waals surface area contributed by atoms with Crippen LogP contribution in [0.5, 0.6) is 5.75 Å². The number of hydrazone groups is 1. The molecule has 0 saturated carbocycles. The highest BCUT2D eigenvalue weighted by atomic mass is 19.1. The number of hydrogen-bond donors (Lipinski definition) is 2. The Morgan fingerprint density at radius 2 is 1.62 bits per heavy atom. The number of halogens is 1. The Kier molecular flexibility index (Phi) is 6.32. The number of benzene rings is 3. The Morgan fingerprint density at radius 1 is 0.966 bits per heavy atom. The number of para-hydroxylation sites is 1. The molecule has 0 saturated heterocycles. The van der Waals surface area contributed by atoms with Crippen molar-refractivity contribution in [3.63, 3.8) is 0 Å². The lowest BCUT2D eigenvalue weighted by Gasteiger charge is -2.09. The Labute approximate surface area is 166 Å². The van der Waals surface area contributed by atoms with Gasteiger partial charge in [-0.25, -0.2) is 14.6 Å². The lowest BCUT2D eigenvalue weighted by Crippen LogP contribution is -2.17. The van der Waals surface area contributed by atoms with E-state index in [-0.39, 0.29) is 17.7 Å². The van der Waals surface area contributed by atoms with Gasteiger partial charge >= 0.3 is 5.97 Å². The van der Waals surface area contributed by atoms with Gasteiger partial charge in [0.15, 0.2) is 0 Å². The van der Waals surface area contributed by atoms with E-state index in [4.69, 9.17) is 9.84 Å². The largest absolute Gasteiger partial charge is 0.488 e. The fraction of sp³-hybridized carbons (Fsp3) is 0.0455. The highest BCUT2D eigenvalue weighted by Crippen LogP contribution is 2.18. The Balaban J connectivity index is 1.62. The van der Waals surface area contributed by atoms with E-state index < -0.39 is 17.7 Å². The first-order valence-electron chi connectivity index (χ1n) is 8.66. The number of carbonyl (C=O) groups excluding carboxylic acids is 1. The molecule has 2 N–H and O–H groups in total. The molecule has 0 aliphatic carbocycles. The maximum Gasteiger partial charge on any atom is 0.335 e. The van der Waals surface area contributed by atoms with Crippen LogP contribution in [0.15, 0.2) is 77.9 Å². The predicted octanol–water partition coefficient (Wildman–Crippen LogP) is 3.87. The zero-order valence-corrected chi connectivity index (χ0v) is 15.2. The van der Waals surface area contributed by atoms with Crippen molar-refractivity contribution in [3.05, 3.63) is 101 Å². The normalized spacial score (nSPS) is 10.7. The first-order valence-corrected chi connectivity index (χ1v) is 8.66. The zero-order chi connectivity index (χ0) is 20.6. The van der Waals surface area contributed by atoms with Crippen molar-refractivity contribution >= 4 is 18.1 Å². The smallest absolute Gasteiger partial charge is 0.335 e. The maximum atomic E-state index is 12.9. The van der Waals surface area contributed by atoms with Crippen LogP contribution in [0, 0.1) is 5.82 Å². The Hall–Kier alpha value is -4.00. The van der Waals surface area contributed by atoms with Gasteiger partial charge in [-0.2, -0.15) is 5.10 Å². The molecule has 0 aromatic heterocycles. The molecule has 0 fully saturated rings. The summed E-state index contributed by atoms with van der Waals surface area (Å²) in [6.45, 7) is 0.243. The highest BCUT2D eigenvalue weighted by molar-refractivity contribution is 5.95. The molecule has 0 heterocycles. The number of carboxylic acids is 1. The molecule has 146 valence electrons. The van der Waals surface area contributed by atoms with E-state index in [0.29, 0.717) is 11.3 Å². The molecular weight excluding hydrogens is 375 g/mol. The van der Waals surface area contributed by atoms with Crippen LogP contribution >= 0.6 is 0 Å². The summed E-state index contributed by atoms with van der Waals surface area (Å²) in [5.74, 6) is -1.32. The first kappa shape index (κ1) is 19.8. The van der Waals surface area contributed by atoms with Crippen molar-refractivity contribution in [2.75, 3.05) is 0 Å². The van der Waals surface area contributed by atoms with Crippen molar-refractivity contribution in [2.45, 2.75) is 6.61 Å². The lowest BCUT2D eigenvalue weighted by atomic mass is 10.1. The molecule has 1 amide bonds. The van der Waals surface area contributed by atoms with Gasteiger partial charge in [-0.15, -0.1) is 0 Å². The van der Waals surface area contributed by atoms with Crippen LogP contribution in [0.2, 0.25) is 0 Å². The Morgan fingerprint density at radius 3 is 2.31 bits per heavy atom. The summed E-state index contributed by atoms with van der Waals surface area (Å²) in [5, 5.41) is 12.9. The molecule has 0 bridgehead atoms. The van der Waals surface area contributed by atoms with E-state index in [1.807, 2.05) is 0 Å². The topological polar surface area (TPSA) is 88.0 Å². The van der Waals surface area contributed by atoms with E-state index in [1.165, 1.54) is 42.6 Å². The second-order valence-corrected chi connectivity index (χ2v) is 6.03. The van der Waals surface area contributed by atoms with Gasteiger partial charge in [-0.3, -0.25) is 4.79 Å². The van der Waals surface area contributed by atoms with Crippen LogP contribution in [-0.4, -0.2) is 23.2 Å². The summed E-state index contributed by atoms with van der Waals surface area (Å²) >= 11 is 0. The minimum Gasteiger partial charge on any atom is -0.488 e. The fourth-order valence-electron chi connectivity index (χ4n) is 2.45. The minimum atomic E-state index is -0.985. The van der Waals surface area contributed by atoms with Crippen LogP contribution in [0.1, 0.15) is 31.8 Å². The maximum absolute atomic E-state index is 12.9. The monoisotopic (exact) mass is 392 g/mol. The third-order valence-electron chi connectivity index (χ3n) is 3.99. The summed E-state index contributed by atoms with van der Waals surface area (Å²) in [6.07, 6.45) is 1.45. The SMILES string of the molecule is O=C(O)c1ccc(COc2ccccc2/C=N\NC(=O)c2ccc(F)cc2)cc1. The standard InChI is InChI=1S/C22H17FN2O4/c23-19-11-9-16(10-12-19)21(26)25-24-13-18-3-1-2-4-20(18)29-14-15-5-7-17(8-6-15)22(27)28/h1-13H,14H2,(H,25,26)(H,27,28)/b24-13-. The predicted molar refractivity (Wildman–Crippen MR) is 106 cm³/mol. The van der Waals surface area contributed by atoms with E-state index in [1.54, 1.807) is 36.4 Å². The molecule has 0 unspecified atom stereocenters. The second-order valence-electron chi connectivity index (χ2n) is 6.03. The van der Waals surface area contributed by atoms with Crippen molar-refractivity contribution in [1.29, 1.82) is 0 Å². The molecule has 29 heavy (non-hydrogen) atoms. The quantitative estimate of drug-likeness (QED) is 0.472.